The Morgan fingerprint density at radius 3 is 3.00 bits per heavy atom. The van der Waals surface area contributed by atoms with Crippen molar-refractivity contribution < 1.29 is 19.4 Å². The topological polar surface area (TPSA) is 55.8 Å². The van der Waals surface area contributed by atoms with Gasteiger partial charge in [0.2, 0.25) is 0 Å². The molecule has 0 aromatic rings. The van der Waals surface area contributed by atoms with E-state index in [1.807, 2.05) is 13.0 Å². The van der Waals surface area contributed by atoms with Crippen molar-refractivity contribution in [2.75, 3.05) is 13.2 Å². The van der Waals surface area contributed by atoms with Gasteiger partial charge in [-0.25, -0.2) is 0 Å². The number of carbonyl (C=O) groups is 1. The first-order chi connectivity index (χ1) is 8.18. The van der Waals surface area contributed by atoms with Gasteiger partial charge in [-0.2, -0.15) is 0 Å². The zero-order valence-electron chi connectivity index (χ0n) is 10.5. The van der Waals surface area contributed by atoms with E-state index in [9.17, 15) is 4.79 Å². The van der Waals surface area contributed by atoms with E-state index in [-0.39, 0.29) is 12.7 Å². The summed E-state index contributed by atoms with van der Waals surface area (Å²) in [5, 5.41) is 8.49. The third kappa shape index (κ3) is 7.13. The average Bonchev–Trinajstić information content (AvgIpc) is 2.33. The van der Waals surface area contributed by atoms with Crippen molar-refractivity contribution in [2.24, 2.45) is 0 Å². The van der Waals surface area contributed by atoms with Crippen molar-refractivity contribution in [1.82, 2.24) is 0 Å². The highest BCUT2D eigenvalue weighted by Gasteiger charge is 2.13. The summed E-state index contributed by atoms with van der Waals surface area (Å²) in [7, 11) is 0. The molecule has 0 bridgehead atoms. The summed E-state index contributed by atoms with van der Waals surface area (Å²) < 4.78 is 11.1. The number of aliphatic carboxylic acids is 1. The maximum absolute atomic E-state index is 10.3. The lowest BCUT2D eigenvalue weighted by Crippen LogP contribution is -2.22. The lowest BCUT2D eigenvalue weighted by Gasteiger charge is -2.22. The summed E-state index contributed by atoms with van der Waals surface area (Å²) in [5.41, 5.74) is 1.14. The van der Waals surface area contributed by atoms with Crippen LogP contribution < -0.4 is 0 Å². The van der Waals surface area contributed by atoms with Crippen molar-refractivity contribution in [3.63, 3.8) is 0 Å². The molecule has 0 aliphatic carbocycles. The minimum absolute atomic E-state index is 0.0499. The van der Waals surface area contributed by atoms with Gasteiger partial charge in [-0.3, -0.25) is 4.79 Å². The summed E-state index contributed by atoms with van der Waals surface area (Å²) in [6, 6.07) is 0. The number of carboxylic acid groups (broad SMARTS) is 1. The Labute approximate surface area is 103 Å². The Bertz CT molecular complexity index is 254. The van der Waals surface area contributed by atoms with Crippen LogP contribution in [0.15, 0.2) is 11.6 Å². The van der Waals surface area contributed by atoms with Crippen LogP contribution in [0.3, 0.4) is 0 Å². The van der Waals surface area contributed by atoms with E-state index in [1.165, 1.54) is 6.42 Å². The van der Waals surface area contributed by atoms with E-state index < -0.39 is 5.97 Å². The average molecular weight is 242 g/mol. The molecule has 0 amide bonds. The largest absolute Gasteiger partial charge is 0.481 e. The molecule has 0 spiro atoms. The van der Waals surface area contributed by atoms with Crippen LogP contribution in [-0.2, 0) is 14.3 Å². The predicted octanol–water partition coefficient (Wildman–Crippen LogP) is 2.73. The normalized spacial score (nSPS) is 21.5. The predicted molar refractivity (Wildman–Crippen MR) is 64.8 cm³/mol. The molecule has 0 saturated carbocycles. The first kappa shape index (κ1) is 14.2. The minimum Gasteiger partial charge on any atom is -0.481 e. The molecule has 1 aliphatic heterocycles. The number of allylic oxidation sites excluding steroid dienone is 1. The first-order valence-corrected chi connectivity index (χ1v) is 6.29. The van der Waals surface area contributed by atoms with Gasteiger partial charge in [0.1, 0.15) is 0 Å². The van der Waals surface area contributed by atoms with Crippen molar-refractivity contribution in [3.8, 4) is 0 Å². The van der Waals surface area contributed by atoms with Gasteiger partial charge < -0.3 is 14.6 Å². The molecule has 4 nitrogen and oxygen atoms in total. The summed E-state index contributed by atoms with van der Waals surface area (Å²) in [5.74, 6) is -0.733. The third-order valence-corrected chi connectivity index (χ3v) is 2.72. The van der Waals surface area contributed by atoms with Crippen LogP contribution in [0, 0.1) is 0 Å². The molecular weight excluding hydrogens is 220 g/mol. The van der Waals surface area contributed by atoms with Crippen molar-refractivity contribution >= 4 is 5.97 Å². The van der Waals surface area contributed by atoms with Gasteiger partial charge >= 0.3 is 5.97 Å². The molecule has 0 aromatic carbocycles. The van der Waals surface area contributed by atoms with Gasteiger partial charge in [0.15, 0.2) is 6.29 Å². The zero-order chi connectivity index (χ0) is 12.5. The van der Waals surface area contributed by atoms with E-state index >= 15 is 0 Å². The summed E-state index contributed by atoms with van der Waals surface area (Å²) in [6.07, 6.45) is 7.00. The third-order valence-electron chi connectivity index (χ3n) is 2.72. The Balaban J connectivity index is 2.08. The highest BCUT2D eigenvalue weighted by molar-refractivity contribution is 5.66. The van der Waals surface area contributed by atoms with Crippen LogP contribution in [0.25, 0.3) is 0 Å². The van der Waals surface area contributed by atoms with E-state index in [4.69, 9.17) is 14.6 Å². The van der Waals surface area contributed by atoms with Gasteiger partial charge in [-0.1, -0.05) is 11.6 Å². The van der Waals surface area contributed by atoms with E-state index in [1.54, 1.807) is 0 Å². The molecule has 0 radical (unpaired) electrons. The standard InChI is InChI=1S/C13H22O4/c1-11(6-2-3-7-12(14)15)10-17-13-8-4-5-9-16-13/h6,13H,2-5,7-10H2,1H3,(H,14,15). The molecule has 1 heterocycles. The minimum atomic E-state index is -0.733. The molecule has 17 heavy (non-hydrogen) atoms. The Morgan fingerprint density at radius 1 is 1.53 bits per heavy atom. The monoisotopic (exact) mass is 242 g/mol. The van der Waals surface area contributed by atoms with E-state index in [0.29, 0.717) is 13.0 Å². The van der Waals surface area contributed by atoms with Crippen molar-refractivity contribution in [2.45, 2.75) is 51.7 Å². The Morgan fingerprint density at radius 2 is 2.35 bits per heavy atom. The lowest BCUT2D eigenvalue weighted by atomic mass is 10.2. The van der Waals surface area contributed by atoms with Gasteiger partial charge in [0.25, 0.3) is 0 Å². The maximum atomic E-state index is 10.3. The molecule has 1 aliphatic rings. The highest BCUT2D eigenvalue weighted by Crippen LogP contribution is 2.14. The molecule has 1 saturated heterocycles. The molecule has 1 fully saturated rings. The Kier molecular flexibility index (Phi) is 6.89. The molecule has 1 atom stereocenters. The Hall–Kier alpha value is -0.870. The molecular formula is C13H22O4. The maximum Gasteiger partial charge on any atom is 0.303 e. The van der Waals surface area contributed by atoms with Gasteiger partial charge in [0.05, 0.1) is 6.61 Å². The van der Waals surface area contributed by atoms with Crippen LogP contribution in [-0.4, -0.2) is 30.6 Å². The fourth-order valence-electron chi connectivity index (χ4n) is 1.73. The van der Waals surface area contributed by atoms with Crippen LogP contribution in [0.2, 0.25) is 0 Å². The number of hydrogen-bond acceptors (Lipinski definition) is 3. The van der Waals surface area contributed by atoms with Crippen molar-refractivity contribution in [1.29, 1.82) is 0 Å². The fourth-order valence-corrected chi connectivity index (χ4v) is 1.73. The second kappa shape index (κ2) is 8.25. The smallest absolute Gasteiger partial charge is 0.303 e. The molecule has 98 valence electrons. The summed E-state index contributed by atoms with van der Waals surface area (Å²) >= 11 is 0. The van der Waals surface area contributed by atoms with Gasteiger partial charge in [0, 0.05) is 13.0 Å². The number of hydrogen-bond donors (Lipinski definition) is 1. The number of ether oxygens (including phenoxy) is 2. The second-order valence-corrected chi connectivity index (χ2v) is 4.44. The number of unbranched alkanes of at least 4 members (excludes halogenated alkanes) is 1. The molecule has 1 rings (SSSR count). The fraction of sp³-hybridized carbons (Fsp3) is 0.769. The van der Waals surface area contributed by atoms with Crippen LogP contribution >= 0.6 is 0 Å². The van der Waals surface area contributed by atoms with Gasteiger partial charge in [-0.05, 0) is 39.0 Å². The highest BCUT2D eigenvalue weighted by atomic mass is 16.7. The number of rotatable bonds is 7. The van der Waals surface area contributed by atoms with Gasteiger partial charge in [-0.15, -0.1) is 0 Å². The lowest BCUT2D eigenvalue weighted by molar-refractivity contribution is -0.156. The quantitative estimate of drug-likeness (QED) is 0.551. The molecule has 4 heteroatoms. The van der Waals surface area contributed by atoms with Crippen LogP contribution in [0.4, 0.5) is 0 Å². The molecule has 0 aromatic heterocycles. The summed E-state index contributed by atoms with van der Waals surface area (Å²) in [6.45, 7) is 3.38. The van der Waals surface area contributed by atoms with Crippen molar-refractivity contribution in [3.05, 3.63) is 11.6 Å². The number of carboxylic acids is 1. The second-order valence-electron chi connectivity index (χ2n) is 4.44. The summed E-state index contributed by atoms with van der Waals surface area (Å²) in [4.78, 5) is 10.3. The van der Waals surface area contributed by atoms with E-state index in [0.717, 1.165) is 31.4 Å². The zero-order valence-corrected chi connectivity index (χ0v) is 10.5. The van der Waals surface area contributed by atoms with Crippen LogP contribution in [0.5, 0.6) is 0 Å². The van der Waals surface area contributed by atoms with Crippen LogP contribution in [0.1, 0.15) is 45.4 Å². The SMILES string of the molecule is CC(=CCCCC(=O)O)COC1CCCCO1. The molecule has 1 N–H and O–H groups in total. The first-order valence-electron chi connectivity index (χ1n) is 6.29. The van der Waals surface area contributed by atoms with E-state index in [2.05, 4.69) is 0 Å². The molecule has 1 unspecified atom stereocenters.